The van der Waals surface area contributed by atoms with E-state index in [0.717, 1.165) is 37.1 Å². The lowest BCUT2D eigenvalue weighted by Gasteiger charge is -2.17. The van der Waals surface area contributed by atoms with Crippen molar-refractivity contribution in [3.05, 3.63) is 71.3 Å². The Morgan fingerprint density at radius 2 is 1.38 bits per heavy atom. The third-order valence-electron chi connectivity index (χ3n) is 4.23. The molecule has 24 heavy (non-hydrogen) atoms. The molecule has 0 amide bonds. The Bertz CT molecular complexity index is 713. The predicted octanol–water partition coefficient (Wildman–Crippen LogP) is 3.18. The minimum atomic E-state index is -0.244. The van der Waals surface area contributed by atoms with Crippen LogP contribution in [-0.4, -0.2) is 36.3 Å². The molecule has 0 saturated heterocycles. The summed E-state index contributed by atoms with van der Waals surface area (Å²) < 4.78 is 32.8. The van der Waals surface area contributed by atoms with Crippen molar-refractivity contribution >= 4 is 18.6 Å². The van der Waals surface area contributed by atoms with Crippen LogP contribution >= 0.6 is 0 Å². The monoisotopic (exact) mass is 326 g/mol. The van der Waals surface area contributed by atoms with Gasteiger partial charge in [0, 0.05) is 12.3 Å². The zero-order chi connectivity index (χ0) is 16.8. The first-order valence-corrected chi connectivity index (χ1v) is 8.14. The summed E-state index contributed by atoms with van der Waals surface area (Å²) in [5.41, 5.74) is 2.09. The van der Waals surface area contributed by atoms with Gasteiger partial charge in [-0.1, -0.05) is 28.9 Å². The molecule has 0 aromatic heterocycles. The average Bonchev–Trinajstić information content (AvgIpc) is 2.62. The summed E-state index contributed by atoms with van der Waals surface area (Å²) in [5, 5.41) is 0. The fourth-order valence-corrected chi connectivity index (χ4v) is 2.94. The van der Waals surface area contributed by atoms with Crippen LogP contribution in [0.2, 0.25) is 0 Å². The Balaban J connectivity index is 1.78. The molecule has 0 atom stereocenters. The Morgan fingerprint density at radius 3 is 1.88 bits per heavy atom. The third-order valence-corrected chi connectivity index (χ3v) is 4.23. The SMILES string of the molecule is Fc1ccc(C(CCC=[N+]2CC=[N+]=CC2)c2ccc(F)cc2)cc1. The zero-order valence-corrected chi connectivity index (χ0v) is 13.4. The molecular formula is C20H20F2N2+2. The number of hydrogen-bond donors (Lipinski definition) is 0. The van der Waals surface area contributed by atoms with E-state index < -0.39 is 0 Å². The lowest BCUT2D eigenvalue weighted by Crippen LogP contribution is -2.23. The van der Waals surface area contributed by atoms with Gasteiger partial charge < -0.3 is 0 Å². The second-order valence-electron chi connectivity index (χ2n) is 5.88. The van der Waals surface area contributed by atoms with Crippen LogP contribution in [0.5, 0.6) is 0 Å². The van der Waals surface area contributed by atoms with Crippen molar-refractivity contribution in [3.8, 4) is 0 Å². The standard InChI is InChI=1S/C20H20F2N2/c21-18-7-3-16(4-8-18)20(17-5-9-19(22)10-6-17)2-1-13-24-14-11-23-12-15-24/h3-13,20H,1-2,14-15H2/q+2. The summed E-state index contributed by atoms with van der Waals surface area (Å²) in [5.74, 6) is -0.373. The molecule has 1 aliphatic heterocycles. The summed E-state index contributed by atoms with van der Waals surface area (Å²) in [6.45, 7) is 1.66. The number of nitrogens with zero attached hydrogens (tertiary/aromatic N) is 2. The molecule has 3 rings (SSSR count). The van der Waals surface area contributed by atoms with Gasteiger partial charge >= 0.3 is 12.4 Å². The van der Waals surface area contributed by atoms with E-state index >= 15 is 0 Å². The van der Waals surface area contributed by atoms with E-state index in [1.54, 1.807) is 0 Å². The fraction of sp³-hybridized carbons (Fsp3) is 0.250. The van der Waals surface area contributed by atoms with Gasteiger partial charge in [-0.3, -0.25) is 0 Å². The van der Waals surface area contributed by atoms with Crippen molar-refractivity contribution < 1.29 is 13.4 Å². The molecule has 2 nitrogen and oxygen atoms in total. The van der Waals surface area contributed by atoms with Crippen molar-refractivity contribution in [3.63, 3.8) is 0 Å². The van der Waals surface area contributed by atoms with Gasteiger partial charge in [0.15, 0.2) is 0 Å². The van der Waals surface area contributed by atoms with E-state index in [-0.39, 0.29) is 17.6 Å². The van der Waals surface area contributed by atoms with Gasteiger partial charge in [0.1, 0.15) is 17.8 Å². The van der Waals surface area contributed by atoms with Crippen molar-refractivity contribution in [2.45, 2.75) is 18.8 Å². The van der Waals surface area contributed by atoms with E-state index in [2.05, 4.69) is 15.5 Å². The van der Waals surface area contributed by atoms with Crippen molar-refractivity contribution in [1.29, 1.82) is 0 Å². The largest absolute Gasteiger partial charge is 0.333 e. The maximum absolute atomic E-state index is 13.2. The van der Waals surface area contributed by atoms with Gasteiger partial charge in [-0.15, -0.1) is 0 Å². The minimum Gasteiger partial charge on any atom is -0.218 e. The second-order valence-corrected chi connectivity index (χ2v) is 5.88. The Labute approximate surface area is 140 Å². The van der Waals surface area contributed by atoms with Gasteiger partial charge in [-0.05, 0) is 41.8 Å². The van der Waals surface area contributed by atoms with Crippen molar-refractivity contribution in [2.75, 3.05) is 13.1 Å². The number of benzene rings is 2. The summed E-state index contributed by atoms with van der Waals surface area (Å²) in [7, 11) is 0. The molecule has 4 heteroatoms. The fourth-order valence-electron chi connectivity index (χ4n) is 2.94. The van der Waals surface area contributed by atoms with Crippen LogP contribution in [0, 0.1) is 11.6 Å². The molecule has 1 heterocycles. The molecule has 0 saturated carbocycles. The van der Waals surface area contributed by atoms with Gasteiger partial charge in [0.05, 0.1) is 0 Å². The highest BCUT2D eigenvalue weighted by Crippen LogP contribution is 2.29. The topological polar surface area (TPSA) is 17.1 Å². The lowest BCUT2D eigenvalue weighted by molar-refractivity contribution is -0.492. The molecule has 2 aromatic carbocycles. The Kier molecular flexibility index (Phi) is 5.29. The zero-order valence-electron chi connectivity index (χ0n) is 13.4. The summed E-state index contributed by atoms with van der Waals surface area (Å²) in [4.78, 5) is 0. The Hall–Kier alpha value is -2.58. The van der Waals surface area contributed by atoms with Gasteiger partial charge in [0.2, 0.25) is 13.1 Å². The molecule has 0 aliphatic carbocycles. The third kappa shape index (κ3) is 4.24. The molecule has 0 unspecified atom stereocenters. The minimum absolute atomic E-state index is 0.116. The van der Waals surface area contributed by atoms with E-state index in [4.69, 9.17) is 0 Å². The van der Waals surface area contributed by atoms with E-state index in [1.807, 2.05) is 36.7 Å². The first kappa shape index (κ1) is 16.3. The highest BCUT2D eigenvalue weighted by Gasteiger charge is 2.16. The quantitative estimate of drug-likeness (QED) is 0.593. The molecule has 0 N–H and O–H groups in total. The predicted molar refractivity (Wildman–Crippen MR) is 94.2 cm³/mol. The maximum atomic E-state index is 13.2. The summed E-state index contributed by atoms with van der Waals surface area (Å²) >= 11 is 0. The highest BCUT2D eigenvalue weighted by atomic mass is 19.1. The van der Waals surface area contributed by atoms with Crippen LogP contribution in [0.15, 0.2) is 48.5 Å². The molecule has 1 aliphatic rings. The summed E-state index contributed by atoms with van der Waals surface area (Å²) in [6, 6.07) is 13.2. The van der Waals surface area contributed by atoms with E-state index in [0.29, 0.717) is 0 Å². The first-order valence-electron chi connectivity index (χ1n) is 8.14. The Morgan fingerprint density at radius 1 is 0.875 bits per heavy atom. The van der Waals surface area contributed by atoms with Crippen LogP contribution in [0.4, 0.5) is 8.78 Å². The highest BCUT2D eigenvalue weighted by molar-refractivity contribution is 5.70. The summed E-state index contributed by atoms with van der Waals surface area (Å²) in [6.07, 6.45) is 7.72. The van der Waals surface area contributed by atoms with Gasteiger partial charge in [-0.25, -0.2) is 13.4 Å². The second kappa shape index (κ2) is 7.80. The molecule has 0 radical (unpaired) electrons. The maximum Gasteiger partial charge on any atom is 0.333 e. The number of hydrogen-bond acceptors (Lipinski definition) is 0. The molecule has 122 valence electrons. The number of halogens is 2. The lowest BCUT2D eigenvalue weighted by atomic mass is 9.87. The van der Waals surface area contributed by atoms with Crippen molar-refractivity contribution in [2.24, 2.45) is 0 Å². The van der Waals surface area contributed by atoms with E-state index in [9.17, 15) is 8.78 Å². The molecule has 0 bridgehead atoms. The molecular weight excluding hydrogens is 306 g/mol. The van der Waals surface area contributed by atoms with Crippen LogP contribution in [0.1, 0.15) is 29.9 Å². The van der Waals surface area contributed by atoms with Crippen LogP contribution in [0.3, 0.4) is 0 Å². The molecule has 0 spiro atoms. The van der Waals surface area contributed by atoms with Crippen LogP contribution in [0.25, 0.3) is 0 Å². The normalized spacial score (nSPS) is 13.5. The molecule has 0 fully saturated rings. The van der Waals surface area contributed by atoms with Crippen LogP contribution < -0.4 is 4.67 Å². The van der Waals surface area contributed by atoms with Gasteiger partial charge in [0.25, 0.3) is 0 Å². The molecule has 2 aromatic rings. The van der Waals surface area contributed by atoms with Crippen LogP contribution in [-0.2, 0) is 0 Å². The first-order chi connectivity index (χ1) is 11.7. The number of rotatable bonds is 5. The van der Waals surface area contributed by atoms with E-state index in [1.165, 1.54) is 24.3 Å². The average molecular weight is 326 g/mol. The smallest absolute Gasteiger partial charge is 0.218 e. The van der Waals surface area contributed by atoms with Gasteiger partial charge in [-0.2, -0.15) is 0 Å². The van der Waals surface area contributed by atoms with Crippen molar-refractivity contribution in [1.82, 2.24) is 4.67 Å².